The van der Waals surface area contributed by atoms with Gasteiger partial charge in [-0.3, -0.25) is 4.79 Å². The molecule has 0 saturated carbocycles. The van der Waals surface area contributed by atoms with Crippen LogP contribution in [0.2, 0.25) is 0 Å². The minimum absolute atomic E-state index is 0.0873. The van der Waals surface area contributed by atoms with Crippen LogP contribution in [0.15, 0.2) is 18.2 Å². The molecule has 1 aliphatic heterocycles. The van der Waals surface area contributed by atoms with E-state index in [4.69, 9.17) is 0 Å². The highest BCUT2D eigenvalue weighted by atomic mass is 19.1. The standard InChI is InChI=1S/C11H11F2NO3/c12-6-1-2-8(13)7(3-6)11(17)14-4-9(15)10(16)5-14/h1-3,9-10,15-16H,4-5H2/t9-,10+. The van der Waals surface area contributed by atoms with Gasteiger partial charge in [-0.05, 0) is 18.2 Å². The number of β-amino-alcohol motifs (C(OH)–C–C–N with tert-alkyl or cyclic N) is 2. The van der Waals surface area contributed by atoms with Crippen LogP contribution in [0.1, 0.15) is 10.4 Å². The Labute approximate surface area is 96.1 Å². The van der Waals surface area contributed by atoms with E-state index in [1.807, 2.05) is 0 Å². The Morgan fingerprint density at radius 1 is 1.24 bits per heavy atom. The molecule has 2 N–H and O–H groups in total. The molecule has 1 aromatic rings. The van der Waals surface area contributed by atoms with Crippen LogP contribution < -0.4 is 0 Å². The van der Waals surface area contributed by atoms with Crippen LogP contribution in [0.3, 0.4) is 0 Å². The van der Waals surface area contributed by atoms with Crippen molar-refractivity contribution < 1.29 is 23.8 Å². The molecule has 0 bridgehead atoms. The summed E-state index contributed by atoms with van der Waals surface area (Å²) in [5.41, 5.74) is -0.397. The number of hydrogen-bond donors (Lipinski definition) is 2. The van der Waals surface area contributed by atoms with Crippen molar-refractivity contribution in [3.8, 4) is 0 Å². The zero-order valence-electron chi connectivity index (χ0n) is 8.81. The number of rotatable bonds is 1. The van der Waals surface area contributed by atoms with Crippen molar-refractivity contribution in [2.75, 3.05) is 13.1 Å². The predicted molar refractivity (Wildman–Crippen MR) is 54.3 cm³/mol. The molecule has 6 heteroatoms. The summed E-state index contributed by atoms with van der Waals surface area (Å²) in [6.45, 7) is -0.175. The van der Waals surface area contributed by atoms with Crippen molar-refractivity contribution in [3.63, 3.8) is 0 Å². The molecule has 2 atom stereocenters. The Hall–Kier alpha value is -1.53. The van der Waals surface area contributed by atoms with Crippen molar-refractivity contribution >= 4 is 5.91 Å². The summed E-state index contributed by atoms with van der Waals surface area (Å²) in [4.78, 5) is 12.9. The van der Waals surface area contributed by atoms with Crippen molar-refractivity contribution in [3.05, 3.63) is 35.4 Å². The first-order valence-corrected chi connectivity index (χ1v) is 5.09. The lowest BCUT2D eigenvalue weighted by Crippen LogP contribution is -2.30. The van der Waals surface area contributed by atoms with Crippen LogP contribution >= 0.6 is 0 Å². The number of nitrogens with zero attached hydrogens (tertiary/aromatic N) is 1. The van der Waals surface area contributed by atoms with E-state index in [-0.39, 0.29) is 13.1 Å². The van der Waals surface area contributed by atoms with Crippen LogP contribution in [0.25, 0.3) is 0 Å². The highest BCUT2D eigenvalue weighted by molar-refractivity contribution is 5.94. The highest BCUT2D eigenvalue weighted by Gasteiger charge is 2.33. The molecule has 1 fully saturated rings. The molecule has 1 amide bonds. The Morgan fingerprint density at radius 3 is 2.41 bits per heavy atom. The minimum Gasteiger partial charge on any atom is -0.388 e. The molecule has 0 aliphatic carbocycles. The fourth-order valence-electron chi connectivity index (χ4n) is 1.77. The maximum absolute atomic E-state index is 13.3. The maximum Gasteiger partial charge on any atom is 0.257 e. The Bertz CT molecular complexity index is 442. The lowest BCUT2D eigenvalue weighted by atomic mass is 10.2. The van der Waals surface area contributed by atoms with E-state index in [1.165, 1.54) is 0 Å². The molecule has 0 aromatic heterocycles. The fraction of sp³-hybridized carbons (Fsp3) is 0.364. The molecule has 92 valence electrons. The Morgan fingerprint density at radius 2 is 1.82 bits per heavy atom. The summed E-state index contributed by atoms with van der Waals surface area (Å²) in [7, 11) is 0. The number of aliphatic hydroxyl groups is 2. The molecule has 17 heavy (non-hydrogen) atoms. The van der Waals surface area contributed by atoms with Gasteiger partial charge in [0.15, 0.2) is 0 Å². The van der Waals surface area contributed by atoms with Gasteiger partial charge in [0, 0.05) is 13.1 Å². The van der Waals surface area contributed by atoms with Crippen LogP contribution in [0.4, 0.5) is 8.78 Å². The first kappa shape index (κ1) is 11.9. The van der Waals surface area contributed by atoms with Crippen LogP contribution in [0.5, 0.6) is 0 Å². The van der Waals surface area contributed by atoms with Gasteiger partial charge in [0.05, 0.1) is 17.8 Å². The van der Waals surface area contributed by atoms with E-state index in [2.05, 4.69) is 0 Å². The number of amides is 1. The molecular weight excluding hydrogens is 232 g/mol. The zero-order chi connectivity index (χ0) is 12.6. The number of hydrogen-bond acceptors (Lipinski definition) is 3. The second kappa shape index (κ2) is 4.38. The predicted octanol–water partition coefficient (Wildman–Crippen LogP) is 0.142. The average molecular weight is 243 g/mol. The Kier molecular flexibility index (Phi) is 3.08. The van der Waals surface area contributed by atoms with Crippen molar-refractivity contribution in [2.45, 2.75) is 12.2 Å². The van der Waals surface area contributed by atoms with E-state index in [0.717, 1.165) is 23.1 Å². The number of aliphatic hydroxyl groups excluding tert-OH is 2. The fourth-order valence-corrected chi connectivity index (χ4v) is 1.77. The molecule has 1 saturated heterocycles. The molecule has 0 unspecified atom stereocenters. The third-order valence-corrected chi connectivity index (χ3v) is 2.71. The van der Waals surface area contributed by atoms with Crippen molar-refractivity contribution in [1.82, 2.24) is 4.90 Å². The van der Waals surface area contributed by atoms with Gasteiger partial charge in [0.25, 0.3) is 5.91 Å². The molecule has 0 spiro atoms. The Balaban J connectivity index is 2.23. The molecule has 2 rings (SSSR count). The largest absolute Gasteiger partial charge is 0.388 e. The molecule has 0 radical (unpaired) electrons. The van der Waals surface area contributed by atoms with Crippen LogP contribution in [-0.2, 0) is 0 Å². The number of carbonyl (C=O) groups is 1. The van der Waals surface area contributed by atoms with Gasteiger partial charge in [-0.1, -0.05) is 0 Å². The van der Waals surface area contributed by atoms with Crippen molar-refractivity contribution in [1.29, 1.82) is 0 Å². The summed E-state index contributed by atoms with van der Waals surface area (Å²) in [6, 6.07) is 2.58. The molecule has 4 nitrogen and oxygen atoms in total. The van der Waals surface area contributed by atoms with Gasteiger partial charge < -0.3 is 15.1 Å². The minimum atomic E-state index is -1.05. The summed E-state index contributed by atoms with van der Waals surface area (Å²) in [5.74, 6) is -2.28. The van der Waals surface area contributed by atoms with Crippen molar-refractivity contribution in [2.24, 2.45) is 0 Å². The van der Waals surface area contributed by atoms with Gasteiger partial charge in [-0.25, -0.2) is 8.78 Å². The van der Waals surface area contributed by atoms with E-state index in [9.17, 15) is 23.8 Å². The SMILES string of the molecule is O=C(c1cc(F)ccc1F)N1C[C@@H](O)[C@@H](O)C1. The monoisotopic (exact) mass is 243 g/mol. The van der Waals surface area contributed by atoms with Gasteiger partial charge in [0.2, 0.25) is 0 Å². The van der Waals surface area contributed by atoms with E-state index in [1.54, 1.807) is 0 Å². The average Bonchev–Trinajstić information content (AvgIpc) is 2.62. The summed E-state index contributed by atoms with van der Waals surface area (Å²) < 4.78 is 26.2. The molecule has 1 aromatic carbocycles. The lowest BCUT2D eigenvalue weighted by Gasteiger charge is -2.15. The van der Waals surface area contributed by atoms with E-state index in [0.29, 0.717) is 0 Å². The smallest absolute Gasteiger partial charge is 0.257 e. The summed E-state index contributed by atoms with van der Waals surface area (Å²) in [5, 5.41) is 18.6. The normalized spacial score (nSPS) is 24.1. The maximum atomic E-state index is 13.3. The first-order valence-electron chi connectivity index (χ1n) is 5.09. The number of likely N-dealkylation sites (tertiary alicyclic amines) is 1. The number of carbonyl (C=O) groups excluding carboxylic acids is 1. The summed E-state index contributed by atoms with van der Waals surface area (Å²) in [6.07, 6.45) is -2.09. The molecular formula is C11H11F2NO3. The van der Waals surface area contributed by atoms with Gasteiger partial charge in [-0.2, -0.15) is 0 Å². The third kappa shape index (κ3) is 2.27. The van der Waals surface area contributed by atoms with Crippen LogP contribution in [0, 0.1) is 11.6 Å². The second-order valence-corrected chi connectivity index (χ2v) is 3.97. The second-order valence-electron chi connectivity index (χ2n) is 3.97. The third-order valence-electron chi connectivity index (χ3n) is 2.71. The van der Waals surface area contributed by atoms with Gasteiger partial charge >= 0.3 is 0 Å². The van der Waals surface area contributed by atoms with E-state index >= 15 is 0 Å². The summed E-state index contributed by atoms with van der Waals surface area (Å²) >= 11 is 0. The number of halogens is 2. The lowest BCUT2D eigenvalue weighted by molar-refractivity contribution is 0.0572. The molecule has 1 aliphatic rings. The van der Waals surface area contributed by atoms with E-state index < -0.39 is 35.3 Å². The first-order chi connectivity index (χ1) is 7.99. The van der Waals surface area contributed by atoms with Crippen LogP contribution in [-0.4, -0.2) is 46.3 Å². The highest BCUT2D eigenvalue weighted by Crippen LogP contribution is 2.17. The van der Waals surface area contributed by atoms with Gasteiger partial charge in [0.1, 0.15) is 11.6 Å². The topological polar surface area (TPSA) is 60.8 Å². The zero-order valence-corrected chi connectivity index (χ0v) is 8.81. The quantitative estimate of drug-likeness (QED) is 0.737. The number of benzene rings is 1. The molecule has 1 heterocycles. The van der Waals surface area contributed by atoms with Gasteiger partial charge in [-0.15, -0.1) is 0 Å².